The van der Waals surface area contributed by atoms with Gasteiger partial charge in [0.25, 0.3) is 0 Å². The van der Waals surface area contributed by atoms with E-state index in [4.69, 9.17) is 4.74 Å². The molecule has 0 atom stereocenters. The molecule has 1 saturated heterocycles. The fourth-order valence-corrected chi connectivity index (χ4v) is 3.50. The third-order valence-electron chi connectivity index (χ3n) is 5.06. The summed E-state index contributed by atoms with van der Waals surface area (Å²) < 4.78 is 45.1. The molecule has 0 bridgehead atoms. The normalized spacial score (nSPS) is 23.6. The minimum Gasteiger partial charge on any atom is -0.378 e. The summed E-state index contributed by atoms with van der Waals surface area (Å²) in [6.45, 7) is 2.27. The second-order valence-corrected chi connectivity index (χ2v) is 6.70. The van der Waals surface area contributed by atoms with Crippen molar-refractivity contribution in [3.63, 3.8) is 0 Å². The summed E-state index contributed by atoms with van der Waals surface area (Å²) in [6, 6.07) is 1.77. The lowest BCUT2D eigenvalue weighted by molar-refractivity contribution is -0.141. The highest BCUT2D eigenvalue weighted by atomic mass is 19.2. The molecule has 1 saturated carbocycles. The number of hydrogen-bond donors (Lipinski definition) is 1. The first-order valence-corrected chi connectivity index (χ1v) is 8.78. The molecule has 3 rings (SSSR count). The van der Waals surface area contributed by atoms with Crippen LogP contribution in [-0.4, -0.2) is 43.0 Å². The van der Waals surface area contributed by atoms with Gasteiger partial charge < -0.3 is 15.0 Å². The van der Waals surface area contributed by atoms with Crippen LogP contribution in [0.25, 0.3) is 0 Å². The molecule has 1 aliphatic carbocycles. The number of anilines is 1. The molecule has 2 aliphatic rings. The van der Waals surface area contributed by atoms with Crippen molar-refractivity contribution in [2.75, 3.05) is 31.6 Å². The Morgan fingerprint density at radius 2 is 1.58 bits per heavy atom. The number of ether oxygens (including phenoxy) is 1. The largest absolute Gasteiger partial charge is 0.378 e. The maximum Gasteiger partial charge on any atom is 0.227 e. The highest BCUT2D eigenvalue weighted by molar-refractivity contribution is 5.93. The predicted octanol–water partition coefficient (Wildman–Crippen LogP) is 2.71. The molecule has 0 aromatic heterocycles. The average Bonchev–Trinajstić information content (AvgIpc) is 2.68. The molecule has 8 heteroatoms. The number of hydrogen-bond acceptors (Lipinski definition) is 3. The van der Waals surface area contributed by atoms with E-state index in [2.05, 4.69) is 5.32 Å². The molecule has 1 aromatic carbocycles. The molecule has 2 amide bonds. The Hall–Kier alpha value is -2.09. The number of nitrogens with zero attached hydrogens (tertiary/aromatic N) is 1. The van der Waals surface area contributed by atoms with Gasteiger partial charge >= 0.3 is 0 Å². The Kier molecular flexibility index (Phi) is 5.80. The number of amides is 2. The van der Waals surface area contributed by atoms with Crippen LogP contribution in [0.4, 0.5) is 18.9 Å². The smallest absolute Gasteiger partial charge is 0.227 e. The monoisotopic (exact) mass is 370 g/mol. The number of halogens is 3. The average molecular weight is 370 g/mol. The van der Waals surface area contributed by atoms with E-state index >= 15 is 0 Å². The molecule has 0 radical (unpaired) electrons. The van der Waals surface area contributed by atoms with Gasteiger partial charge in [-0.05, 0) is 37.8 Å². The second-order valence-electron chi connectivity index (χ2n) is 6.70. The van der Waals surface area contributed by atoms with Crippen LogP contribution in [0.1, 0.15) is 25.7 Å². The van der Waals surface area contributed by atoms with Crippen molar-refractivity contribution in [3.05, 3.63) is 29.6 Å². The van der Waals surface area contributed by atoms with E-state index in [1.54, 1.807) is 4.90 Å². The molecule has 0 spiro atoms. The summed E-state index contributed by atoms with van der Waals surface area (Å²) in [4.78, 5) is 26.6. The number of carbonyl (C=O) groups excluding carboxylic acids is 2. The van der Waals surface area contributed by atoms with Gasteiger partial charge in [0.2, 0.25) is 11.8 Å². The molecule has 1 aromatic rings. The quantitative estimate of drug-likeness (QED) is 0.833. The number of carbonyl (C=O) groups is 2. The van der Waals surface area contributed by atoms with Gasteiger partial charge in [-0.25, -0.2) is 13.2 Å². The summed E-state index contributed by atoms with van der Waals surface area (Å²) in [5.41, 5.74) is -0.375. The standard InChI is InChI=1S/C18H21F3N2O3/c19-13-5-6-14(16(21)15(13)20)22-17(24)11-1-3-12(4-2-11)18(25)23-7-9-26-10-8-23/h5-6,11-12H,1-4,7-10H2,(H,22,24). The molecular formula is C18H21F3N2O3. The van der Waals surface area contributed by atoms with Crippen LogP contribution < -0.4 is 5.32 Å². The van der Waals surface area contributed by atoms with Crippen molar-refractivity contribution in [2.24, 2.45) is 11.8 Å². The lowest BCUT2D eigenvalue weighted by atomic mass is 9.81. The third-order valence-corrected chi connectivity index (χ3v) is 5.06. The maximum absolute atomic E-state index is 13.7. The van der Waals surface area contributed by atoms with Crippen LogP contribution in [0.2, 0.25) is 0 Å². The Balaban J connectivity index is 1.53. The van der Waals surface area contributed by atoms with Crippen LogP contribution >= 0.6 is 0 Å². The first-order chi connectivity index (χ1) is 12.5. The summed E-state index contributed by atoms with van der Waals surface area (Å²) in [7, 11) is 0. The van der Waals surface area contributed by atoms with Crippen molar-refractivity contribution in [3.8, 4) is 0 Å². The Morgan fingerprint density at radius 3 is 2.23 bits per heavy atom. The summed E-state index contributed by atoms with van der Waals surface area (Å²) in [5.74, 6) is -5.15. The Labute approximate surface area is 149 Å². The van der Waals surface area contributed by atoms with E-state index in [9.17, 15) is 22.8 Å². The first kappa shape index (κ1) is 18.7. The zero-order chi connectivity index (χ0) is 18.7. The third kappa shape index (κ3) is 4.00. The van der Waals surface area contributed by atoms with Crippen LogP contribution in [0.15, 0.2) is 12.1 Å². The van der Waals surface area contributed by atoms with E-state index in [1.807, 2.05) is 0 Å². The fraction of sp³-hybridized carbons (Fsp3) is 0.556. The molecule has 1 aliphatic heterocycles. The molecule has 1 N–H and O–H groups in total. The SMILES string of the molecule is O=C(Nc1ccc(F)c(F)c1F)C1CCC(C(=O)N2CCOCC2)CC1. The minimum atomic E-state index is -1.61. The molecular weight excluding hydrogens is 349 g/mol. The highest BCUT2D eigenvalue weighted by Crippen LogP contribution is 2.31. The van der Waals surface area contributed by atoms with Gasteiger partial charge in [-0.15, -0.1) is 0 Å². The van der Waals surface area contributed by atoms with Crippen LogP contribution in [0, 0.1) is 29.3 Å². The molecule has 2 fully saturated rings. The zero-order valence-corrected chi connectivity index (χ0v) is 14.3. The van der Waals surface area contributed by atoms with Crippen molar-refractivity contribution in [2.45, 2.75) is 25.7 Å². The topological polar surface area (TPSA) is 58.6 Å². The maximum atomic E-state index is 13.7. The number of rotatable bonds is 3. The fourth-order valence-electron chi connectivity index (χ4n) is 3.50. The first-order valence-electron chi connectivity index (χ1n) is 8.78. The van der Waals surface area contributed by atoms with E-state index in [0.717, 1.165) is 12.1 Å². The number of nitrogens with one attached hydrogen (secondary N) is 1. The van der Waals surface area contributed by atoms with Crippen LogP contribution in [-0.2, 0) is 14.3 Å². The van der Waals surface area contributed by atoms with E-state index in [-0.39, 0.29) is 23.4 Å². The molecule has 0 unspecified atom stereocenters. The number of morpholine rings is 1. The van der Waals surface area contributed by atoms with Crippen molar-refractivity contribution in [1.82, 2.24) is 4.90 Å². The number of benzene rings is 1. The van der Waals surface area contributed by atoms with Crippen LogP contribution in [0.5, 0.6) is 0 Å². The van der Waals surface area contributed by atoms with E-state index in [0.29, 0.717) is 52.0 Å². The van der Waals surface area contributed by atoms with Gasteiger partial charge in [0.05, 0.1) is 18.9 Å². The van der Waals surface area contributed by atoms with Gasteiger partial charge in [-0.2, -0.15) is 0 Å². The molecule has 26 heavy (non-hydrogen) atoms. The van der Waals surface area contributed by atoms with Gasteiger partial charge in [-0.1, -0.05) is 0 Å². The van der Waals surface area contributed by atoms with E-state index in [1.165, 1.54) is 0 Å². The minimum absolute atomic E-state index is 0.0961. The molecule has 1 heterocycles. The van der Waals surface area contributed by atoms with Crippen molar-refractivity contribution >= 4 is 17.5 Å². The van der Waals surface area contributed by atoms with Gasteiger partial charge in [-0.3, -0.25) is 9.59 Å². The molecule has 5 nitrogen and oxygen atoms in total. The highest BCUT2D eigenvalue weighted by Gasteiger charge is 2.33. The summed E-state index contributed by atoms with van der Waals surface area (Å²) in [6.07, 6.45) is 2.15. The van der Waals surface area contributed by atoms with Gasteiger partial charge in [0, 0.05) is 24.9 Å². The summed E-state index contributed by atoms with van der Waals surface area (Å²) in [5, 5.41) is 2.32. The lowest BCUT2D eigenvalue weighted by Gasteiger charge is -2.33. The van der Waals surface area contributed by atoms with Gasteiger partial charge in [0.1, 0.15) is 0 Å². The van der Waals surface area contributed by atoms with E-state index < -0.39 is 23.4 Å². The second kappa shape index (κ2) is 8.07. The van der Waals surface area contributed by atoms with Gasteiger partial charge in [0.15, 0.2) is 17.5 Å². The van der Waals surface area contributed by atoms with Crippen LogP contribution in [0.3, 0.4) is 0 Å². The predicted molar refractivity (Wildman–Crippen MR) is 87.8 cm³/mol. The Morgan fingerprint density at radius 1 is 0.962 bits per heavy atom. The van der Waals surface area contributed by atoms with Crippen molar-refractivity contribution in [1.29, 1.82) is 0 Å². The summed E-state index contributed by atoms with van der Waals surface area (Å²) >= 11 is 0. The van der Waals surface area contributed by atoms with Crippen molar-refractivity contribution < 1.29 is 27.5 Å². The lowest BCUT2D eigenvalue weighted by Crippen LogP contribution is -2.44. The zero-order valence-electron chi connectivity index (χ0n) is 14.3. The molecule has 142 valence electrons. The Bertz CT molecular complexity index is 685.